The summed E-state index contributed by atoms with van der Waals surface area (Å²) in [6, 6.07) is 17.3. The lowest BCUT2D eigenvalue weighted by atomic mass is 9.80. The Labute approximate surface area is 134 Å². The van der Waals surface area contributed by atoms with Crippen LogP contribution in [0.2, 0.25) is 0 Å². The molecule has 1 aromatic heterocycles. The molecule has 22 heavy (non-hydrogen) atoms. The first-order valence-corrected chi connectivity index (χ1v) is 8.89. The number of aromatic nitrogens is 1. The van der Waals surface area contributed by atoms with Gasteiger partial charge in [0.05, 0.1) is 0 Å². The molecule has 0 aliphatic heterocycles. The van der Waals surface area contributed by atoms with Crippen LogP contribution in [0.15, 0.2) is 54.7 Å². The van der Waals surface area contributed by atoms with Crippen LogP contribution in [0.4, 0.5) is 0 Å². The second-order valence-corrected chi connectivity index (χ2v) is 6.66. The zero-order chi connectivity index (χ0) is 15.0. The summed E-state index contributed by atoms with van der Waals surface area (Å²) in [5.74, 6) is 1.30. The average molecular weight is 293 g/mol. The summed E-state index contributed by atoms with van der Waals surface area (Å²) in [5.41, 5.74) is 2.65. The molecular formula is C21H27N. The first kappa shape index (κ1) is 15.3. The molecular weight excluding hydrogens is 266 g/mol. The number of hydrogen-bond acceptors (Lipinski definition) is 1. The second kappa shape index (κ2) is 8.12. The van der Waals surface area contributed by atoms with Gasteiger partial charge in [-0.15, -0.1) is 0 Å². The molecule has 1 heteroatoms. The van der Waals surface area contributed by atoms with E-state index >= 15 is 0 Å². The molecule has 1 saturated carbocycles. The zero-order valence-electron chi connectivity index (χ0n) is 13.5. The monoisotopic (exact) mass is 293 g/mol. The third-order valence-corrected chi connectivity index (χ3v) is 5.04. The van der Waals surface area contributed by atoms with E-state index in [0.717, 1.165) is 5.92 Å². The van der Waals surface area contributed by atoms with Crippen LogP contribution in [0.5, 0.6) is 0 Å². The van der Waals surface area contributed by atoms with Gasteiger partial charge >= 0.3 is 0 Å². The Bertz CT molecular complexity index is 487. The molecule has 2 aromatic rings. The van der Waals surface area contributed by atoms with E-state index in [9.17, 15) is 0 Å². The smallest absolute Gasteiger partial charge is 0.0478 e. The topological polar surface area (TPSA) is 12.9 Å². The molecule has 0 saturated heterocycles. The highest BCUT2D eigenvalue weighted by atomic mass is 14.7. The maximum atomic E-state index is 4.66. The van der Waals surface area contributed by atoms with Gasteiger partial charge in [-0.25, -0.2) is 0 Å². The second-order valence-electron chi connectivity index (χ2n) is 6.66. The summed E-state index contributed by atoms with van der Waals surface area (Å²) in [7, 11) is 0. The highest BCUT2D eigenvalue weighted by Gasteiger charge is 2.21. The number of hydrogen-bond donors (Lipinski definition) is 0. The minimum atomic E-state index is 0.451. The van der Waals surface area contributed by atoms with Crippen LogP contribution in [0.1, 0.15) is 68.5 Å². The molecule has 1 aliphatic carbocycles. The van der Waals surface area contributed by atoms with Crippen LogP contribution >= 0.6 is 0 Å². The zero-order valence-corrected chi connectivity index (χ0v) is 13.5. The molecule has 0 amide bonds. The van der Waals surface area contributed by atoms with Crippen molar-refractivity contribution in [1.82, 2.24) is 4.98 Å². The van der Waals surface area contributed by atoms with Gasteiger partial charge in [-0.05, 0) is 30.0 Å². The number of benzene rings is 1. The van der Waals surface area contributed by atoms with Crippen LogP contribution < -0.4 is 0 Å². The van der Waals surface area contributed by atoms with Crippen molar-refractivity contribution < 1.29 is 0 Å². The van der Waals surface area contributed by atoms with E-state index in [1.807, 2.05) is 12.3 Å². The van der Waals surface area contributed by atoms with Crippen molar-refractivity contribution in [3.8, 4) is 0 Å². The highest BCUT2D eigenvalue weighted by Crippen LogP contribution is 2.35. The lowest BCUT2D eigenvalue weighted by molar-refractivity contribution is 0.345. The lowest BCUT2D eigenvalue weighted by Gasteiger charge is -2.25. The summed E-state index contributed by atoms with van der Waals surface area (Å²) >= 11 is 0. The third kappa shape index (κ3) is 4.19. The Morgan fingerprint density at radius 2 is 1.50 bits per heavy atom. The SMILES string of the molecule is c1ccc([C@H](CC2CCCCCCC2)c2ccccn2)cc1. The van der Waals surface area contributed by atoms with Gasteiger partial charge in [0.2, 0.25) is 0 Å². The van der Waals surface area contributed by atoms with Crippen LogP contribution in [-0.2, 0) is 0 Å². The highest BCUT2D eigenvalue weighted by molar-refractivity contribution is 5.28. The molecule has 0 spiro atoms. The molecule has 0 radical (unpaired) electrons. The molecule has 1 aromatic carbocycles. The molecule has 1 nitrogen and oxygen atoms in total. The first-order valence-electron chi connectivity index (χ1n) is 8.89. The fourth-order valence-corrected chi connectivity index (χ4v) is 3.80. The van der Waals surface area contributed by atoms with Crippen molar-refractivity contribution >= 4 is 0 Å². The Kier molecular flexibility index (Phi) is 5.64. The van der Waals surface area contributed by atoms with Crippen LogP contribution in [-0.4, -0.2) is 4.98 Å². The fourth-order valence-electron chi connectivity index (χ4n) is 3.80. The van der Waals surface area contributed by atoms with Gasteiger partial charge < -0.3 is 0 Å². The summed E-state index contributed by atoms with van der Waals surface area (Å²) in [6.45, 7) is 0. The van der Waals surface area contributed by atoms with Gasteiger partial charge in [0, 0.05) is 17.8 Å². The predicted octanol–water partition coefficient (Wildman–Crippen LogP) is 5.96. The molecule has 1 heterocycles. The van der Waals surface area contributed by atoms with Gasteiger partial charge in [-0.3, -0.25) is 4.98 Å². The van der Waals surface area contributed by atoms with E-state index in [1.54, 1.807) is 0 Å². The quantitative estimate of drug-likeness (QED) is 0.677. The van der Waals surface area contributed by atoms with Crippen molar-refractivity contribution in [1.29, 1.82) is 0 Å². The first-order chi connectivity index (χ1) is 10.9. The molecule has 0 unspecified atom stereocenters. The Hall–Kier alpha value is -1.63. The summed E-state index contributed by atoms with van der Waals surface area (Å²) in [4.78, 5) is 4.66. The van der Waals surface area contributed by atoms with Gasteiger partial charge in [0.1, 0.15) is 0 Å². The Morgan fingerprint density at radius 1 is 0.818 bits per heavy atom. The Morgan fingerprint density at radius 3 is 2.18 bits per heavy atom. The Balaban J connectivity index is 1.79. The molecule has 0 N–H and O–H groups in total. The maximum absolute atomic E-state index is 4.66. The summed E-state index contributed by atoms with van der Waals surface area (Å²) in [6.07, 6.45) is 13.1. The minimum absolute atomic E-state index is 0.451. The summed E-state index contributed by atoms with van der Waals surface area (Å²) in [5, 5.41) is 0. The molecule has 0 bridgehead atoms. The van der Waals surface area contributed by atoms with Crippen LogP contribution in [0, 0.1) is 5.92 Å². The van der Waals surface area contributed by atoms with E-state index < -0.39 is 0 Å². The average Bonchev–Trinajstić information content (AvgIpc) is 2.56. The number of pyridine rings is 1. The normalized spacial score (nSPS) is 18.4. The van der Waals surface area contributed by atoms with Crippen LogP contribution in [0.3, 0.4) is 0 Å². The maximum Gasteiger partial charge on any atom is 0.0478 e. The standard InChI is InChI=1S/C21H27N/c1-2-5-11-18(12-6-3-1)17-20(19-13-7-4-8-14-19)21-15-9-10-16-22-21/h4,7-10,13-16,18,20H,1-3,5-6,11-12,17H2/t20-/m0/s1. The van der Waals surface area contributed by atoms with E-state index in [4.69, 9.17) is 0 Å². The van der Waals surface area contributed by atoms with E-state index in [2.05, 4.69) is 47.4 Å². The molecule has 116 valence electrons. The molecule has 1 aliphatic rings. The number of rotatable bonds is 4. The predicted molar refractivity (Wildman–Crippen MR) is 92.9 cm³/mol. The minimum Gasteiger partial charge on any atom is -0.261 e. The lowest BCUT2D eigenvalue weighted by Crippen LogP contribution is -2.12. The van der Waals surface area contributed by atoms with E-state index in [0.29, 0.717) is 5.92 Å². The van der Waals surface area contributed by atoms with Crippen molar-refractivity contribution in [2.45, 2.75) is 57.3 Å². The van der Waals surface area contributed by atoms with Crippen molar-refractivity contribution in [3.63, 3.8) is 0 Å². The summed E-state index contributed by atoms with van der Waals surface area (Å²) < 4.78 is 0. The van der Waals surface area contributed by atoms with E-state index in [-0.39, 0.29) is 0 Å². The van der Waals surface area contributed by atoms with Gasteiger partial charge in [0.15, 0.2) is 0 Å². The van der Waals surface area contributed by atoms with Crippen molar-refractivity contribution in [3.05, 3.63) is 66.0 Å². The molecule has 1 atom stereocenters. The largest absolute Gasteiger partial charge is 0.261 e. The fraction of sp³-hybridized carbons (Fsp3) is 0.476. The molecule has 1 fully saturated rings. The van der Waals surface area contributed by atoms with Gasteiger partial charge in [-0.1, -0.05) is 81.3 Å². The van der Waals surface area contributed by atoms with Crippen molar-refractivity contribution in [2.24, 2.45) is 5.92 Å². The molecule has 3 rings (SSSR count). The van der Waals surface area contributed by atoms with Gasteiger partial charge in [-0.2, -0.15) is 0 Å². The van der Waals surface area contributed by atoms with E-state index in [1.165, 1.54) is 62.6 Å². The number of nitrogens with zero attached hydrogens (tertiary/aromatic N) is 1. The van der Waals surface area contributed by atoms with Gasteiger partial charge in [0.25, 0.3) is 0 Å². The third-order valence-electron chi connectivity index (χ3n) is 5.04. The van der Waals surface area contributed by atoms with Crippen LogP contribution in [0.25, 0.3) is 0 Å². The van der Waals surface area contributed by atoms with Crippen molar-refractivity contribution in [2.75, 3.05) is 0 Å².